The number of benzene rings is 2. The lowest BCUT2D eigenvalue weighted by Crippen LogP contribution is -2.40. The number of methoxy groups -OCH3 is 1. The fourth-order valence-corrected chi connectivity index (χ4v) is 4.06. The largest absolute Gasteiger partial charge is 0.573 e. The summed E-state index contributed by atoms with van der Waals surface area (Å²) in [6.45, 7) is 3.10. The topological polar surface area (TPSA) is 84.9 Å². The maximum atomic E-state index is 13.0. The minimum Gasteiger partial charge on any atom is -0.406 e. The number of hydrogen-bond acceptors (Lipinski definition) is 5. The number of ether oxygens (including phenoxy) is 2. The molecule has 1 amide bonds. The van der Waals surface area contributed by atoms with Crippen molar-refractivity contribution in [3.63, 3.8) is 0 Å². The van der Waals surface area contributed by atoms with Crippen molar-refractivity contribution in [3.05, 3.63) is 53.6 Å². The minimum atomic E-state index is -4.89. The quantitative estimate of drug-likeness (QED) is 0.620. The van der Waals surface area contributed by atoms with Crippen LogP contribution in [0.5, 0.6) is 5.75 Å². The molecule has 0 saturated carbocycles. The first kappa shape index (κ1) is 24.6. The number of hydrogen-bond donors (Lipinski definition) is 1. The molecule has 0 saturated heterocycles. The molecule has 7 nitrogen and oxygen atoms in total. The molecule has 0 unspecified atom stereocenters. The van der Waals surface area contributed by atoms with Crippen LogP contribution in [-0.2, 0) is 19.6 Å². The van der Waals surface area contributed by atoms with Crippen LogP contribution in [0.2, 0.25) is 0 Å². The number of halogens is 3. The van der Waals surface area contributed by atoms with E-state index in [0.29, 0.717) is 5.69 Å². The number of alkyl halides is 3. The summed E-state index contributed by atoms with van der Waals surface area (Å²) in [6.07, 6.45) is -4.89. The van der Waals surface area contributed by atoms with Crippen molar-refractivity contribution < 1.29 is 35.9 Å². The molecule has 11 heteroatoms. The lowest BCUT2D eigenvalue weighted by molar-refractivity contribution is -0.274. The number of nitrogens with zero attached hydrogens (tertiary/aromatic N) is 1. The van der Waals surface area contributed by atoms with Gasteiger partial charge in [-0.2, -0.15) is 4.31 Å². The third-order valence-electron chi connectivity index (χ3n) is 4.44. The van der Waals surface area contributed by atoms with Crippen LogP contribution in [0.1, 0.15) is 11.1 Å². The number of carbonyl (C=O) groups is 1. The Morgan fingerprint density at radius 1 is 1.10 bits per heavy atom. The second-order valence-corrected chi connectivity index (χ2v) is 8.58. The molecule has 0 aliphatic carbocycles. The molecule has 2 aromatic carbocycles. The standard InChI is InChI=1S/C20H23F3N2O5S/c1-14-5-4-6-18(15(14)2)24-19(26)13-25(11-12-29-3)31(27,28)17-9-7-16(8-10-17)30-20(21,22)23/h4-10H,11-13H2,1-3H3,(H,24,26). The van der Waals surface area contributed by atoms with Gasteiger partial charge in [0.15, 0.2) is 0 Å². The maximum absolute atomic E-state index is 13.0. The molecule has 0 heterocycles. The molecule has 31 heavy (non-hydrogen) atoms. The molecule has 1 N–H and O–H groups in total. The molecule has 170 valence electrons. The summed E-state index contributed by atoms with van der Waals surface area (Å²) in [7, 11) is -2.80. The second kappa shape index (κ2) is 10.1. The highest BCUT2D eigenvalue weighted by atomic mass is 32.2. The van der Waals surface area contributed by atoms with Crippen molar-refractivity contribution in [3.8, 4) is 5.75 Å². The average Bonchev–Trinajstić information content (AvgIpc) is 2.67. The fraction of sp³-hybridized carbons (Fsp3) is 0.350. The molecule has 0 bridgehead atoms. The molecule has 0 aromatic heterocycles. The Kier molecular flexibility index (Phi) is 8.04. The average molecular weight is 460 g/mol. The summed E-state index contributed by atoms with van der Waals surface area (Å²) in [5.41, 5.74) is 2.37. The van der Waals surface area contributed by atoms with Gasteiger partial charge in [0.1, 0.15) is 5.75 Å². The van der Waals surface area contributed by atoms with Gasteiger partial charge in [0.25, 0.3) is 0 Å². The van der Waals surface area contributed by atoms with Gasteiger partial charge in [-0.15, -0.1) is 13.2 Å². The van der Waals surface area contributed by atoms with Gasteiger partial charge >= 0.3 is 6.36 Å². The number of nitrogens with one attached hydrogen (secondary N) is 1. The Labute approximate surface area is 178 Å². The van der Waals surface area contributed by atoms with Crippen molar-refractivity contribution in [2.75, 3.05) is 32.1 Å². The van der Waals surface area contributed by atoms with Gasteiger partial charge in [-0.3, -0.25) is 4.79 Å². The monoisotopic (exact) mass is 460 g/mol. The van der Waals surface area contributed by atoms with Crippen LogP contribution in [-0.4, -0.2) is 51.8 Å². The third-order valence-corrected chi connectivity index (χ3v) is 6.30. The Hall–Kier alpha value is -2.63. The van der Waals surface area contributed by atoms with Crippen molar-refractivity contribution >= 4 is 21.6 Å². The van der Waals surface area contributed by atoms with E-state index in [4.69, 9.17) is 4.74 Å². The predicted molar refractivity (Wildman–Crippen MR) is 108 cm³/mol. The van der Waals surface area contributed by atoms with Crippen LogP contribution in [0.15, 0.2) is 47.4 Å². The van der Waals surface area contributed by atoms with Crippen molar-refractivity contribution in [1.82, 2.24) is 4.31 Å². The first-order valence-electron chi connectivity index (χ1n) is 9.15. The van der Waals surface area contributed by atoms with Gasteiger partial charge in [-0.25, -0.2) is 8.42 Å². The lowest BCUT2D eigenvalue weighted by Gasteiger charge is -2.22. The Morgan fingerprint density at radius 2 is 1.74 bits per heavy atom. The second-order valence-electron chi connectivity index (χ2n) is 6.65. The zero-order valence-corrected chi connectivity index (χ0v) is 18.0. The van der Waals surface area contributed by atoms with Gasteiger partial charge in [-0.1, -0.05) is 12.1 Å². The Bertz CT molecular complexity index is 1010. The number of aryl methyl sites for hydroxylation is 1. The molecule has 2 aromatic rings. The summed E-state index contributed by atoms with van der Waals surface area (Å²) in [4.78, 5) is 12.3. The van der Waals surface area contributed by atoms with Crippen LogP contribution < -0.4 is 10.1 Å². The Balaban J connectivity index is 2.21. The fourth-order valence-electron chi connectivity index (χ4n) is 2.68. The smallest absolute Gasteiger partial charge is 0.406 e. The van der Waals surface area contributed by atoms with Gasteiger partial charge < -0.3 is 14.8 Å². The zero-order valence-electron chi connectivity index (χ0n) is 17.2. The molecular weight excluding hydrogens is 437 g/mol. The molecule has 0 spiro atoms. The highest BCUT2D eigenvalue weighted by Gasteiger charge is 2.32. The van der Waals surface area contributed by atoms with Crippen LogP contribution >= 0.6 is 0 Å². The summed E-state index contributed by atoms with van der Waals surface area (Å²) in [6, 6.07) is 9.11. The normalized spacial score (nSPS) is 12.1. The van der Waals surface area contributed by atoms with Crippen LogP contribution in [0.4, 0.5) is 18.9 Å². The molecule has 0 aliphatic rings. The van der Waals surface area contributed by atoms with Gasteiger partial charge in [-0.05, 0) is 55.3 Å². The van der Waals surface area contributed by atoms with E-state index in [2.05, 4.69) is 10.1 Å². The van der Waals surface area contributed by atoms with E-state index in [-0.39, 0.29) is 18.0 Å². The summed E-state index contributed by atoms with van der Waals surface area (Å²) >= 11 is 0. The number of rotatable bonds is 9. The van der Waals surface area contributed by atoms with Crippen LogP contribution in [0, 0.1) is 13.8 Å². The number of carbonyl (C=O) groups excluding carboxylic acids is 1. The van der Waals surface area contributed by atoms with Crippen molar-refractivity contribution in [2.45, 2.75) is 25.1 Å². The van der Waals surface area contributed by atoms with E-state index in [1.165, 1.54) is 7.11 Å². The number of sulfonamides is 1. The summed E-state index contributed by atoms with van der Waals surface area (Å²) in [5.74, 6) is -1.12. The third kappa shape index (κ3) is 6.94. The maximum Gasteiger partial charge on any atom is 0.573 e. The highest BCUT2D eigenvalue weighted by Crippen LogP contribution is 2.25. The molecule has 2 rings (SSSR count). The number of anilines is 1. The lowest BCUT2D eigenvalue weighted by atomic mass is 10.1. The van der Waals surface area contributed by atoms with Gasteiger partial charge in [0.2, 0.25) is 15.9 Å². The zero-order chi connectivity index (χ0) is 23.2. The predicted octanol–water partition coefficient (Wildman–Crippen LogP) is 3.48. The van der Waals surface area contributed by atoms with E-state index in [9.17, 15) is 26.4 Å². The molecular formula is C20H23F3N2O5S. The first-order chi connectivity index (χ1) is 14.4. The van der Waals surface area contributed by atoms with Crippen LogP contribution in [0.3, 0.4) is 0 Å². The highest BCUT2D eigenvalue weighted by molar-refractivity contribution is 7.89. The molecule has 0 radical (unpaired) electrons. The summed E-state index contributed by atoms with van der Waals surface area (Å²) in [5, 5.41) is 2.69. The molecule has 0 fully saturated rings. The summed E-state index contributed by atoms with van der Waals surface area (Å²) < 4.78 is 72.5. The van der Waals surface area contributed by atoms with E-state index in [1.807, 2.05) is 19.9 Å². The van der Waals surface area contributed by atoms with Crippen molar-refractivity contribution in [2.24, 2.45) is 0 Å². The minimum absolute atomic E-state index is 0.0191. The molecule has 0 atom stereocenters. The molecule has 0 aliphatic heterocycles. The van der Waals surface area contributed by atoms with E-state index >= 15 is 0 Å². The van der Waals surface area contributed by atoms with E-state index in [1.54, 1.807) is 12.1 Å². The van der Waals surface area contributed by atoms with E-state index in [0.717, 1.165) is 39.7 Å². The van der Waals surface area contributed by atoms with Crippen molar-refractivity contribution in [1.29, 1.82) is 0 Å². The number of amides is 1. The van der Waals surface area contributed by atoms with E-state index < -0.39 is 34.6 Å². The van der Waals surface area contributed by atoms with Crippen LogP contribution in [0.25, 0.3) is 0 Å². The first-order valence-corrected chi connectivity index (χ1v) is 10.6. The van der Waals surface area contributed by atoms with Gasteiger partial charge in [0, 0.05) is 19.3 Å². The Morgan fingerprint density at radius 3 is 2.32 bits per heavy atom. The SMILES string of the molecule is COCCN(CC(=O)Nc1cccc(C)c1C)S(=O)(=O)c1ccc(OC(F)(F)F)cc1. The van der Waals surface area contributed by atoms with Gasteiger partial charge in [0.05, 0.1) is 18.0 Å².